The first-order valence-electron chi connectivity index (χ1n) is 6.19. The van der Waals surface area contributed by atoms with Crippen molar-refractivity contribution in [3.05, 3.63) is 0 Å². The van der Waals surface area contributed by atoms with Crippen LogP contribution < -0.4 is 10.6 Å². The number of nitrogens with one attached hydrogen (secondary N) is 2. The Labute approximate surface area is 103 Å². The minimum atomic E-state index is -0.195. The molecular weight excluding hydrogens is 220 g/mol. The standard InChI is InChI=1S/C12H24N2O3/c1-10(11(15)13-7-8-16-2)14-9-12(17-3)5-4-6-12/h10,14H,4-9H2,1-3H3,(H,13,15). The van der Waals surface area contributed by atoms with Crippen LogP contribution >= 0.6 is 0 Å². The van der Waals surface area contributed by atoms with E-state index in [1.165, 1.54) is 6.42 Å². The number of rotatable bonds is 8. The second-order valence-electron chi connectivity index (χ2n) is 4.63. The third kappa shape index (κ3) is 4.26. The number of hydrogen-bond acceptors (Lipinski definition) is 4. The second kappa shape index (κ2) is 6.93. The first kappa shape index (κ1) is 14.4. The third-order valence-electron chi connectivity index (χ3n) is 3.43. The van der Waals surface area contributed by atoms with Crippen LogP contribution in [0.25, 0.3) is 0 Å². The number of hydrogen-bond donors (Lipinski definition) is 2. The molecule has 5 nitrogen and oxygen atoms in total. The summed E-state index contributed by atoms with van der Waals surface area (Å²) in [6.07, 6.45) is 3.37. The van der Waals surface area contributed by atoms with E-state index in [0.717, 1.165) is 19.4 Å². The van der Waals surface area contributed by atoms with Gasteiger partial charge in [-0.25, -0.2) is 0 Å². The molecule has 1 aliphatic carbocycles. The van der Waals surface area contributed by atoms with Crippen molar-refractivity contribution in [2.24, 2.45) is 0 Å². The normalized spacial score (nSPS) is 19.5. The molecular formula is C12H24N2O3. The minimum absolute atomic E-state index is 0.00706. The van der Waals surface area contributed by atoms with Crippen LogP contribution in [0.3, 0.4) is 0 Å². The van der Waals surface area contributed by atoms with Crippen LogP contribution in [0.4, 0.5) is 0 Å². The monoisotopic (exact) mass is 244 g/mol. The van der Waals surface area contributed by atoms with Gasteiger partial charge in [0.2, 0.25) is 5.91 Å². The lowest BCUT2D eigenvalue weighted by atomic mass is 9.80. The highest BCUT2D eigenvalue weighted by molar-refractivity contribution is 5.81. The average Bonchev–Trinajstić information content (AvgIpc) is 2.28. The molecule has 5 heteroatoms. The van der Waals surface area contributed by atoms with Crippen molar-refractivity contribution >= 4 is 5.91 Å². The van der Waals surface area contributed by atoms with Crippen LogP contribution in [0.2, 0.25) is 0 Å². The van der Waals surface area contributed by atoms with Crippen LogP contribution in [0.1, 0.15) is 26.2 Å². The summed E-state index contributed by atoms with van der Waals surface area (Å²) in [4.78, 5) is 11.7. The van der Waals surface area contributed by atoms with E-state index in [4.69, 9.17) is 9.47 Å². The van der Waals surface area contributed by atoms with Crippen LogP contribution in [0.15, 0.2) is 0 Å². The molecule has 0 aliphatic heterocycles. The smallest absolute Gasteiger partial charge is 0.236 e. The molecule has 1 rings (SSSR count). The van der Waals surface area contributed by atoms with E-state index in [2.05, 4.69) is 10.6 Å². The molecule has 1 saturated carbocycles. The van der Waals surface area contributed by atoms with Gasteiger partial charge in [-0.1, -0.05) is 0 Å². The maximum absolute atomic E-state index is 11.7. The fourth-order valence-electron chi connectivity index (χ4n) is 1.89. The van der Waals surface area contributed by atoms with Gasteiger partial charge in [0.05, 0.1) is 18.2 Å². The number of methoxy groups -OCH3 is 2. The molecule has 0 saturated heterocycles. The summed E-state index contributed by atoms with van der Waals surface area (Å²) in [7, 11) is 3.36. The molecule has 1 unspecified atom stereocenters. The first-order chi connectivity index (χ1) is 8.13. The highest BCUT2D eigenvalue weighted by Gasteiger charge is 2.37. The molecule has 17 heavy (non-hydrogen) atoms. The Bertz CT molecular complexity index is 236. The molecule has 1 amide bonds. The van der Waals surface area contributed by atoms with Gasteiger partial charge in [-0.15, -0.1) is 0 Å². The van der Waals surface area contributed by atoms with Crippen molar-refractivity contribution < 1.29 is 14.3 Å². The molecule has 0 aromatic carbocycles. The number of carbonyl (C=O) groups excluding carboxylic acids is 1. The number of amides is 1. The summed E-state index contributed by atoms with van der Waals surface area (Å²) in [6.45, 7) is 3.70. The van der Waals surface area contributed by atoms with Crippen molar-refractivity contribution in [3.63, 3.8) is 0 Å². The summed E-state index contributed by atoms with van der Waals surface area (Å²) in [6, 6.07) is -0.195. The van der Waals surface area contributed by atoms with Gasteiger partial charge in [0.15, 0.2) is 0 Å². The minimum Gasteiger partial charge on any atom is -0.383 e. The van der Waals surface area contributed by atoms with Gasteiger partial charge in [0.25, 0.3) is 0 Å². The van der Waals surface area contributed by atoms with Crippen molar-refractivity contribution in [1.82, 2.24) is 10.6 Å². The van der Waals surface area contributed by atoms with E-state index in [1.54, 1.807) is 14.2 Å². The van der Waals surface area contributed by atoms with Crippen LogP contribution in [0.5, 0.6) is 0 Å². The van der Waals surface area contributed by atoms with Gasteiger partial charge in [-0.2, -0.15) is 0 Å². The quantitative estimate of drug-likeness (QED) is 0.603. The molecule has 0 bridgehead atoms. The van der Waals surface area contributed by atoms with Crippen LogP contribution in [-0.2, 0) is 14.3 Å². The van der Waals surface area contributed by atoms with Crippen molar-refractivity contribution in [3.8, 4) is 0 Å². The predicted octanol–water partition coefficient (Wildman–Crippen LogP) is 0.296. The van der Waals surface area contributed by atoms with Crippen LogP contribution in [0, 0.1) is 0 Å². The Morgan fingerprint density at radius 2 is 2.12 bits per heavy atom. The second-order valence-corrected chi connectivity index (χ2v) is 4.63. The Hall–Kier alpha value is -0.650. The SMILES string of the molecule is COCCNC(=O)C(C)NCC1(OC)CCC1. The van der Waals surface area contributed by atoms with Gasteiger partial charge in [-0.3, -0.25) is 4.79 Å². The van der Waals surface area contributed by atoms with E-state index in [0.29, 0.717) is 13.2 Å². The zero-order valence-corrected chi connectivity index (χ0v) is 11.0. The molecule has 0 aromatic heterocycles. The molecule has 2 N–H and O–H groups in total. The van der Waals surface area contributed by atoms with E-state index in [1.807, 2.05) is 6.92 Å². The molecule has 0 radical (unpaired) electrons. The van der Waals surface area contributed by atoms with Gasteiger partial charge in [0.1, 0.15) is 0 Å². The fraction of sp³-hybridized carbons (Fsp3) is 0.917. The molecule has 100 valence electrons. The van der Waals surface area contributed by atoms with Gasteiger partial charge >= 0.3 is 0 Å². The van der Waals surface area contributed by atoms with Crippen molar-refractivity contribution in [2.45, 2.75) is 37.8 Å². The molecule has 1 fully saturated rings. The van der Waals surface area contributed by atoms with Crippen LogP contribution in [-0.4, -0.2) is 51.5 Å². The molecule has 0 heterocycles. The molecule has 0 aromatic rings. The Morgan fingerprint density at radius 1 is 1.41 bits per heavy atom. The summed E-state index contributed by atoms with van der Waals surface area (Å²) >= 11 is 0. The Kier molecular flexibility index (Phi) is 5.88. The average molecular weight is 244 g/mol. The van der Waals surface area contributed by atoms with Crippen molar-refractivity contribution in [2.75, 3.05) is 33.9 Å². The first-order valence-corrected chi connectivity index (χ1v) is 6.19. The van der Waals surface area contributed by atoms with Gasteiger partial charge in [0, 0.05) is 27.3 Å². The maximum atomic E-state index is 11.7. The Morgan fingerprint density at radius 3 is 2.59 bits per heavy atom. The molecule has 1 atom stereocenters. The number of ether oxygens (including phenoxy) is 2. The number of carbonyl (C=O) groups is 1. The lowest BCUT2D eigenvalue weighted by Crippen LogP contribution is -2.53. The largest absolute Gasteiger partial charge is 0.383 e. The zero-order valence-electron chi connectivity index (χ0n) is 11.0. The van der Waals surface area contributed by atoms with Gasteiger partial charge < -0.3 is 20.1 Å². The van der Waals surface area contributed by atoms with Crippen molar-refractivity contribution in [1.29, 1.82) is 0 Å². The zero-order chi connectivity index (χ0) is 12.7. The highest BCUT2D eigenvalue weighted by atomic mass is 16.5. The highest BCUT2D eigenvalue weighted by Crippen LogP contribution is 2.34. The summed E-state index contributed by atoms with van der Waals surface area (Å²) in [5.41, 5.74) is -0.0406. The van der Waals surface area contributed by atoms with E-state index in [-0.39, 0.29) is 17.6 Å². The lowest BCUT2D eigenvalue weighted by Gasteiger charge is -2.41. The predicted molar refractivity (Wildman–Crippen MR) is 65.9 cm³/mol. The fourth-order valence-corrected chi connectivity index (χ4v) is 1.89. The Balaban J connectivity index is 2.19. The van der Waals surface area contributed by atoms with E-state index < -0.39 is 0 Å². The van der Waals surface area contributed by atoms with Gasteiger partial charge in [-0.05, 0) is 26.2 Å². The molecule has 0 spiro atoms. The third-order valence-corrected chi connectivity index (χ3v) is 3.43. The topological polar surface area (TPSA) is 59.6 Å². The summed E-state index contributed by atoms with van der Waals surface area (Å²) in [5.74, 6) is 0.00706. The maximum Gasteiger partial charge on any atom is 0.236 e. The summed E-state index contributed by atoms with van der Waals surface area (Å²) < 4.78 is 10.4. The van der Waals surface area contributed by atoms with E-state index in [9.17, 15) is 4.79 Å². The van der Waals surface area contributed by atoms with E-state index >= 15 is 0 Å². The lowest BCUT2D eigenvalue weighted by molar-refractivity contribution is -0.123. The summed E-state index contributed by atoms with van der Waals surface area (Å²) in [5, 5.41) is 6.03. The molecule has 1 aliphatic rings.